The molecule has 6 heteroatoms. The number of carbonyl (C=O) groups excluding carboxylic acids is 2. The average Bonchev–Trinajstić information content (AvgIpc) is 2.35. The van der Waals surface area contributed by atoms with Crippen LogP contribution in [0.4, 0.5) is 5.69 Å². The number of quaternary nitrogens is 1. The molecule has 0 radical (unpaired) electrons. The fourth-order valence-corrected chi connectivity index (χ4v) is 1.51. The summed E-state index contributed by atoms with van der Waals surface area (Å²) in [7, 11) is 1.56. The van der Waals surface area contributed by atoms with Crippen molar-refractivity contribution in [1.82, 2.24) is 5.32 Å². The van der Waals surface area contributed by atoms with E-state index in [2.05, 4.69) is 10.6 Å². The highest BCUT2D eigenvalue weighted by Crippen LogP contribution is 2.14. The molecule has 4 N–H and O–H groups in total. The Balaban J connectivity index is 2.47. The molecular weight excluding hydrogens is 254 g/mol. The van der Waals surface area contributed by atoms with Crippen LogP contribution in [-0.2, 0) is 9.59 Å². The number of anilines is 1. The molecule has 0 aliphatic rings. The van der Waals surface area contributed by atoms with Crippen LogP contribution in [0, 0.1) is 0 Å². The van der Waals surface area contributed by atoms with E-state index in [1.165, 1.54) is 0 Å². The third-order valence-corrected chi connectivity index (χ3v) is 2.68. The van der Waals surface area contributed by atoms with Gasteiger partial charge in [0.1, 0.15) is 0 Å². The summed E-state index contributed by atoms with van der Waals surface area (Å²) in [6.07, 6.45) is 0. The summed E-state index contributed by atoms with van der Waals surface area (Å²) < 4.78 is 0. The van der Waals surface area contributed by atoms with Crippen LogP contribution < -0.4 is 16.0 Å². The first-order chi connectivity index (χ1) is 8.52. The second-order valence-corrected chi connectivity index (χ2v) is 4.34. The fourth-order valence-electron chi connectivity index (χ4n) is 1.32. The SMILES string of the molecule is CNC(=O)C[NH2+][C@@H](C)C(=O)Nc1cccc(Cl)c1. The lowest BCUT2D eigenvalue weighted by Gasteiger charge is -2.11. The first-order valence-corrected chi connectivity index (χ1v) is 6.01. The molecule has 0 aliphatic heterocycles. The molecule has 98 valence electrons. The van der Waals surface area contributed by atoms with E-state index >= 15 is 0 Å². The molecule has 18 heavy (non-hydrogen) atoms. The molecule has 2 amide bonds. The van der Waals surface area contributed by atoms with Crippen molar-refractivity contribution < 1.29 is 14.9 Å². The Labute approximate surface area is 111 Å². The Morgan fingerprint density at radius 2 is 2.17 bits per heavy atom. The van der Waals surface area contributed by atoms with Crippen molar-refractivity contribution in [3.8, 4) is 0 Å². The molecule has 0 unspecified atom stereocenters. The van der Waals surface area contributed by atoms with Gasteiger partial charge in [-0.2, -0.15) is 0 Å². The summed E-state index contributed by atoms with van der Waals surface area (Å²) >= 11 is 5.82. The van der Waals surface area contributed by atoms with Crippen molar-refractivity contribution in [3.05, 3.63) is 29.3 Å². The first kappa shape index (κ1) is 14.5. The number of halogens is 1. The molecule has 1 aromatic rings. The van der Waals surface area contributed by atoms with Crippen molar-refractivity contribution in [3.63, 3.8) is 0 Å². The van der Waals surface area contributed by atoms with E-state index in [1.54, 1.807) is 43.6 Å². The molecule has 0 heterocycles. The number of hydrogen-bond acceptors (Lipinski definition) is 2. The smallest absolute Gasteiger partial charge is 0.282 e. The summed E-state index contributed by atoms with van der Waals surface area (Å²) in [6, 6.07) is 6.58. The highest BCUT2D eigenvalue weighted by atomic mass is 35.5. The summed E-state index contributed by atoms with van der Waals surface area (Å²) in [5, 5.41) is 7.47. The summed E-state index contributed by atoms with van der Waals surface area (Å²) in [5.41, 5.74) is 0.646. The summed E-state index contributed by atoms with van der Waals surface area (Å²) in [5.74, 6) is -0.279. The predicted octanol–water partition coefficient (Wildman–Crippen LogP) is -0.0236. The molecule has 1 rings (SSSR count). The minimum Gasteiger partial charge on any atom is -0.354 e. The van der Waals surface area contributed by atoms with Crippen molar-refractivity contribution >= 4 is 29.1 Å². The van der Waals surface area contributed by atoms with Gasteiger partial charge in [0, 0.05) is 17.8 Å². The molecule has 0 saturated carbocycles. The Bertz CT molecular complexity index is 437. The van der Waals surface area contributed by atoms with Crippen LogP contribution in [0.3, 0.4) is 0 Å². The van der Waals surface area contributed by atoms with Gasteiger partial charge in [-0.25, -0.2) is 0 Å². The summed E-state index contributed by atoms with van der Waals surface area (Å²) in [4.78, 5) is 22.9. The number of nitrogens with two attached hydrogens (primary N) is 1. The van der Waals surface area contributed by atoms with Gasteiger partial charge in [-0.3, -0.25) is 9.59 Å². The highest BCUT2D eigenvalue weighted by Gasteiger charge is 2.17. The lowest BCUT2D eigenvalue weighted by Crippen LogP contribution is -2.93. The van der Waals surface area contributed by atoms with Crippen molar-refractivity contribution in [1.29, 1.82) is 0 Å². The van der Waals surface area contributed by atoms with Crippen LogP contribution in [0.15, 0.2) is 24.3 Å². The van der Waals surface area contributed by atoms with E-state index in [1.807, 2.05) is 0 Å². The average molecular weight is 271 g/mol. The molecule has 0 fully saturated rings. The lowest BCUT2D eigenvalue weighted by atomic mass is 10.2. The van der Waals surface area contributed by atoms with Crippen molar-refractivity contribution in [2.24, 2.45) is 0 Å². The number of hydrogen-bond donors (Lipinski definition) is 3. The molecule has 1 atom stereocenters. The number of rotatable bonds is 5. The Morgan fingerprint density at radius 3 is 2.78 bits per heavy atom. The first-order valence-electron chi connectivity index (χ1n) is 5.63. The minimum atomic E-state index is -0.346. The third-order valence-electron chi connectivity index (χ3n) is 2.44. The molecule has 5 nitrogen and oxygen atoms in total. The lowest BCUT2D eigenvalue weighted by molar-refractivity contribution is -0.662. The van der Waals surface area contributed by atoms with E-state index in [-0.39, 0.29) is 24.4 Å². The van der Waals surface area contributed by atoms with E-state index in [0.717, 1.165) is 0 Å². The Hall–Kier alpha value is -1.59. The highest BCUT2D eigenvalue weighted by molar-refractivity contribution is 6.30. The maximum atomic E-state index is 11.8. The minimum absolute atomic E-state index is 0.114. The van der Waals surface area contributed by atoms with Crippen LogP contribution in [-0.4, -0.2) is 31.4 Å². The quantitative estimate of drug-likeness (QED) is 0.703. The van der Waals surface area contributed by atoms with Gasteiger partial charge in [0.25, 0.3) is 11.8 Å². The van der Waals surface area contributed by atoms with Crippen molar-refractivity contribution in [2.75, 3.05) is 18.9 Å². The number of amides is 2. The fraction of sp³-hybridized carbons (Fsp3) is 0.333. The van der Waals surface area contributed by atoms with Gasteiger partial charge in [0.15, 0.2) is 12.6 Å². The van der Waals surface area contributed by atoms with Crippen molar-refractivity contribution in [2.45, 2.75) is 13.0 Å². The van der Waals surface area contributed by atoms with Crippen LogP contribution in [0.1, 0.15) is 6.92 Å². The maximum absolute atomic E-state index is 11.8. The van der Waals surface area contributed by atoms with Crippen LogP contribution in [0.25, 0.3) is 0 Å². The number of carbonyl (C=O) groups is 2. The molecule has 0 aromatic heterocycles. The molecule has 1 aromatic carbocycles. The van der Waals surface area contributed by atoms with Crippen LogP contribution >= 0.6 is 11.6 Å². The van der Waals surface area contributed by atoms with Gasteiger partial charge in [-0.15, -0.1) is 0 Å². The molecule has 0 saturated heterocycles. The molecular formula is C12H17ClN3O2+. The second-order valence-electron chi connectivity index (χ2n) is 3.90. The molecule has 0 bridgehead atoms. The van der Waals surface area contributed by atoms with Crippen LogP contribution in [0.2, 0.25) is 5.02 Å². The zero-order valence-electron chi connectivity index (χ0n) is 10.4. The van der Waals surface area contributed by atoms with Gasteiger partial charge in [-0.05, 0) is 25.1 Å². The normalized spacial score (nSPS) is 11.7. The second kappa shape index (κ2) is 6.98. The van der Waals surface area contributed by atoms with Gasteiger partial charge >= 0.3 is 0 Å². The Kier molecular flexibility index (Phi) is 5.61. The standard InChI is InChI=1S/C12H16ClN3O2/c1-8(15-7-11(17)14-2)12(18)16-10-5-3-4-9(13)6-10/h3-6,8,15H,7H2,1-2H3,(H,14,17)(H,16,18)/p+1/t8-/m0/s1. The van der Waals surface area contributed by atoms with E-state index < -0.39 is 0 Å². The summed E-state index contributed by atoms with van der Waals surface area (Å²) in [6.45, 7) is 1.96. The maximum Gasteiger partial charge on any atom is 0.282 e. The van der Waals surface area contributed by atoms with E-state index in [0.29, 0.717) is 10.7 Å². The van der Waals surface area contributed by atoms with E-state index in [4.69, 9.17) is 11.6 Å². The largest absolute Gasteiger partial charge is 0.354 e. The molecule has 0 spiro atoms. The number of benzene rings is 1. The van der Waals surface area contributed by atoms with Crippen LogP contribution in [0.5, 0.6) is 0 Å². The van der Waals surface area contributed by atoms with Gasteiger partial charge < -0.3 is 16.0 Å². The zero-order valence-corrected chi connectivity index (χ0v) is 11.1. The van der Waals surface area contributed by atoms with Gasteiger partial charge in [-0.1, -0.05) is 17.7 Å². The number of likely N-dealkylation sites (N-methyl/N-ethyl adjacent to an activating group) is 1. The third kappa shape index (κ3) is 4.73. The van der Waals surface area contributed by atoms with Gasteiger partial charge in [0.05, 0.1) is 0 Å². The zero-order chi connectivity index (χ0) is 13.5. The Morgan fingerprint density at radius 1 is 1.44 bits per heavy atom. The molecule has 0 aliphatic carbocycles. The predicted molar refractivity (Wildman–Crippen MR) is 70.4 cm³/mol. The topological polar surface area (TPSA) is 74.8 Å². The monoisotopic (exact) mass is 270 g/mol. The number of nitrogens with one attached hydrogen (secondary N) is 2. The van der Waals surface area contributed by atoms with Gasteiger partial charge in [0.2, 0.25) is 0 Å². The van der Waals surface area contributed by atoms with E-state index in [9.17, 15) is 9.59 Å².